The van der Waals surface area contributed by atoms with Crippen LogP contribution in [0, 0.1) is 0 Å². The third-order valence-electron chi connectivity index (χ3n) is 3.94. The van der Waals surface area contributed by atoms with E-state index in [0.29, 0.717) is 11.9 Å². The van der Waals surface area contributed by atoms with Gasteiger partial charge in [-0.2, -0.15) is 0 Å². The van der Waals surface area contributed by atoms with Gasteiger partial charge in [-0.15, -0.1) is 11.6 Å². The largest absolute Gasteiger partial charge is 0.352 e. The summed E-state index contributed by atoms with van der Waals surface area (Å²) < 4.78 is 0. The molecule has 2 aliphatic carbocycles. The van der Waals surface area contributed by atoms with Gasteiger partial charge in [-0.25, -0.2) is 9.97 Å². The number of nitrogens with zero attached hydrogens (tertiary/aromatic N) is 3. The van der Waals surface area contributed by atoms with Crippen LogP contribution in [0.15, 0.2) is 6.33 Å². The van der Waals surface area contributed by atoms with Crippen LogP contribution in [0.2, 0.25) is 0 Å². The van der Waals surface area contributed by atoms with Crippen LogP contribution >= 0.6 is 11.6 Å². The number of hydrogen-bond donors (Lipinski definition) is 0. The first kappa shape index (κ1) is 12.2. The van der Waals surface area contributed by atoms with Crippen molar-refractivity contribution in [2.45, 2.75) is 51.0 Å². The first-order chi connectivity index (χ1) is 8.90. The summed E-state index contributed by atoms with van der Waals surface area (Å²) in [6.07, 6.45) is 10.4. The van der Waals surface area contributed by atoms with Crippen LogP contribution in [0.4, 0.5) is 5.82 Å². The van der Waals surface area contributed by atoms with Crippen molar-refractivity contribution in [1.29, 1.82) is 0 Å². The number of aryl methyl sites for hydroxylation is 1. The molecule has 98 valence electrons. The Morgan fingerprint density at radius 1 is 1.17 bits per heavy atom. The van der Waals surface area contributed by atoms with E-state index in [1.807, 2.05) is 0 Å². The topological polar surface area (TPSA) is 29.0 Å². The van der Waals surface area contributed by atoms with E-state index in [4.69, 9.17) is 11.6 Å². The molecule has 1 saturated carbocycles. The number of fused-ring (bicyclic) bond motifs is 1. The van der Waals surface area contributed by atoms with Crippen molar-refractivity contribution in [3.8, 4) is 0 Å². The molecule has 0 aliphatic heterocycles. The minimum Gasteiger partial charge on any atom is -0.352 e. The van der Waals surface area contributed by atoms with Crippen molar-refractivity contribution in [1.82, 2.24) is 9.97 Å². The molecule has 0 aromatic carbocycles. The third-order valence-corrected chi connectivity index (χ3v) is 4.11. The lowest BCUT2D eigenvalue weighted by Gasteiger charge is -2.25. The Kier molecular flexibility index (Phi) is 3.69. The maximum absolute atomic E-state index is 5.95. The van der Waals surface area contributed by atoms with Crippen molar-refractivity contribution in [3.63, 3.8) is 0 Å². The van der Waals surface area contributed by atoms with Gasteiger partial charge < -0.3 is 4.90 Å². The molecule has 1 heterocycles. The first-order valence-corrected chi connectivity index (χ1v) is 7.59. The lowest BCUT2D eigenvalue weighted by Crippen LogP contribution is -2.30. The summed E-state index contributed by atoms with van der Waals surface area (Å²) in [5.41, 5.74) is 2.67. The second-order valence-electron chi connectivity index (χ2n) is 5.30. The molecule has 1 fully saturated rings. The lowest BCUT2D eigenvalue weighted by molar-refractivity contribution is 0.707. The van der Waals surface area contributed by atoms with Gasteiger partial charge in [0.05, 0.1) is 0 Å². The normalized spacial score (nSPS) is 19.2. The van der Waals surface area contributed by atoms with Gasteiger partial charge in [-0.05, 0) is 38.5 Å². The van der Waals surface area contributed by atoms with E-state index in [1.165, 1.54) is 49.2 Å². The van der Waals surface area contributed by atoms with E-state index in [9.17, 15) is 0 Å². The minimum atomic E-state index is 0.672. The fourth-order valence-corrected chi connectivity index (χ4v) is 3.05. The van der Waals surface area contributed by atoms with E-state index in [-0.39, 0.29) is 0 Å². The number of rotatable bonds is 4. The molecular weight excluding hydrogens is 246 g/mol. The molecule has 1 aromatic rings. The Morgan fingerprint density at radius 3 is 2.78 bits per heavy atom. The first-order valence-electron chi connectivity index (χ1n) is 7.05. The van der Waals surface area contributed by atoms with Crippen LogP contribution in [0.25, 0.3) is 0 Å². The van der Waals surface area contributed by atoms with Crippen molar-refractivity contribution in [2.24, 2.45) is 0 Å². The molecule has 1 aromatic heterocycles. The zero-order chi connectivity index (χ0) is 12.4. The highest BCUT2D eigenvalue weighted by Gasteiger charge is 2.31. The van der Waals surface area contributed by atoms with Gasteiger partial charge in [0.15, 0.2) is 0 Å². The Hall–Kier alpha value is -0.830. The molecule has 0 unspecified atom stereocenters. The zero-order valence-electron chi connectivity index (χ0n) is 10.7. The summed E-state index contributed by atoms with van der Waals surface area (Å²) in [5, 5.41) is 0. The van der Waals surface area contributed by atoms with Crippen LogP contribution in [0.5, 0.6) is 0 Å². The van der Waals surface area contributed by atoms with Crippen molar-refractivity contribution < 1.29 is 0 Å². The summed E-state index contributed by atoms with van der Waals surface area (Å²) in [6.45, 7) is 0.912. The fraction of sp³-hybridized carbons (Fsp3) is 0.714. The van der Waals surface area contributed by atoms with Gasteiger partial charge in [-0.3, -0.25) is 0 Å². The summed E-state index contributed by atoms with van der Waals surface area (Å²) >= 11 is 5.95. The van der Waals surface area contributed by atoms with Crippen LogP contribution < -0.4 is 4.90 Å². The molecule has 0 spiro atoms. The van der Waals surface area contributed by atoms with Crippen LogP contribution in [0.3, 0.4) is 0 Å². The molecule has 0 radical (unpaired) electrons. The lowest BCUT2D eigenvalue weighted by atomic mass is 10.1. The standard InChI is InChI=1S/C14H20ClN3/c15-8-9-18(11-6-7-11)14-12-4-2-1-3-5-13(12)16-10-17-14/h10-11H,1-9H2. The van der Waals surface area contributed by atoms with E-state index < -0.39 is 0 Å². The molecule has 0 saturated heterocycles. The fourth-order valence-electron chi connectivity index (χ4n) is 2.87. The molecule has 3 rings (SSSR count). The van der Waals surface area contributed by atoms with E-state index in [1.54, 1.807) is 6.33 Å². The molecule has 0 amide bonds. The maximum atomic E-state index is 5.95. The molecule has 0 N–H and O–H groups in total. The monoisotopic (exact) mass is 265 g/mol. The molecule has 0 bridgehead atoms. The highest BCUT2D eigenvalue weighted by Crippen LogP contribution is 2.34. The number of alkyl halides is 1. The highest BCUT2D eigenvalue weighted by atomic mass is 35.5. The molecular formula is C14H20ClN3. The van der Waals surface area contributed by atoms with Crippen LogP contribution in [0.1, 0.15) is 43.4 Å². The number of anilines is 1. The highest BCUT2D eigenvalue weighted by molar-refractivity contribution is 6.18. The van der Waals surface area contributed by atoms with E-state index >= 15 is 0 Å². The summed E-state index contributed by atoms with van der Waals surface area (Å²) in [6, 6.07) is 0.672. The number of aromatic nitrogens is 2. The Balaban J connectivity index is 1.94. The van der Waals surface area contributed by atoms with Gasteiger partial charge >= 0.3 is 0 Å². The smallest absolute Gasteiger partial charge is 0.135 e. The quantitative estimate of drug-likeness (QED) is 0.619. The summed E-state index contributed by atoms with van der Waals surface area (Å²) in [5.74, 6) is 1.85. The third kappa shape index (κ3) is 2.46. The summed E-state index contributed by atoms with van der Waals surface area (Å²) in [4.78, 5) is 11.5. The van der Waals surface area contributed by atoms with Crippen molar-refractivity contribution in [3.05, 3.63) is 17.6 Å². The average molecular weight is 266 g/mol. The molecule has 3 nitrogen and oxygen atoms in total. The van der Waals surface area contributed by atoms with Crippen LogP contribution in [-0.4, -0.2) is 28.4 Å². The number of hydrogen-bond acceptors (Lipinski definition) is 3. The van der Waals surface area contributed by atoms with Gasteiger partial charge in [0.25, 0.3) is 0 Å². The zero-order valence-corrected chi connectivity index (χ0v) is 11.5. The molecule has 4 heteroatoms. The predicted molar refractivity (Wildman–Crippen MR) is 74.4 cm³/mol. The number of halogens is 1. The Bertz CT molecular complexity index is 418. The van der Waals surface area contributed by atoms with E-state index in [0.717, 1.165) is 19.4 Å². The predicted octanol–water partition coefficient (Wildman–Crippen LogP) is 2.95. The molecule has 2 aliphatic rings. The van der Waals surface area contributed by atoms with Crippen molar-refractivity contribution in [2.75, 3.05) is 17.3 Å². The summed E-state index contributed by atoms with van der Waals surface area (Å²) in [7, 11) is 0. The van der Waals surface area contributed by atoms with Gasteiger partial charge in [-0.1, -0.05) is 6.42 Å². The average Bonchev–Trinajstić information content (AvgIpc) is 3.21. The molecule has 0 atom stereocenters. The van der Waals surface area contributed by atoms with Crippen molar-refractivity contribution >= 4 is 17.4 Å². The maximum Gasteiger partial charge on any atom is 0.135 e. The second-order valence-corrected chi connectivity index (χ2v) is 5.67. The van der Waals surface area contributed by atoms with E-state index in [2.05, 4.69) is 14.9 Å². The Labute approximate surface area is 114 Å². The minimum absolute atomic E-state index is 0.672. The second kappa shape index (κ2) is 5.43. The van der Waals surface area contributed by atoms with Gasteiger partial charge in [0.1, 0.15) is 12.1 Å². The van der Waals surface area contributed by atoms with Crippen LogP contribution in [-0.2, 0) is 12.8 Å². The molecule has 18 heavy (non-hydrogen) atoms. The SMILES string of the molecule is ClCCN(c1ncnc2c1CCCCC2)C1CC1. The van der Waals surface area contributed by atoms with Gasteiger partial charge in [0, 0.05) is 29.7 Å². The Morgan fingerprint density at radius 2 is 2.00 bits per heavy atom. The van der Waals surface area contributed by atoms with Gasteiger partial charge in [0.2, 0.25) is 0 Å².